The highest BCUT2D eigenvalue weighted by Crippen LogP contribution is 2.38. The summed E-state index contributed by atoms with van der Waals surface area (Å²) in [5.74, 6) is 1.65. The second kappa shape index (κ2) is 5.32. The molecular formula is C15H18FN3O. The lowest BCUT2D eigenvalue weighted by Gasteiger charge is -2.12. The van der Waals surface area contributed by atoms with Gasteiger partial charge < -0.3 is 10.3 Å². The first-order valence-electron chi connectivity index (χ1n) is 6.99. The Bertz CT molecular complexity index is 611. The van der Waals surface area contributed by atoms with Gasteiger partial charge in [-0.3, -0.25) is 0 Å². The highest BCUT2D eigenvalue weighted by Gasteiger charge is 2.32. The Morgan fingerprint density at radius 2 is 2.25 bits per heavy atom. The van der Waals surface area contributed by atoms with E-state index in [2.05, 4.69) is 10.1 Å². The van der Waals surface area contributed by atoms with E-state index in [1.807, 2.05) is 0 Å². The van der Waals surface area contributed by atoms with E-state index < -0.39 is 0 Å². The van der Waals surface area contributed by atoms with E-state index in [1.165, 1.54) is 6.07 Å². The Morgan fingerprint density at radius 1 is 1.40 bits per heavy atom. The quantitative estimate of drug-likeness (QED) is 0.935. The summed E-state index contributed by atoms with van der Waals surface area (Å²) in [6.07, 6.45) is 3.32. The zero-order valence-electron chi connectivity index (χ0n) is 11.5. The first kappa shape index (κ1) is 13.2. The molecule has 4 nitrogen and oxygen atoms in total. The van der Waals surface area contributed by atoms with E-state index in [1.54, 1.807) is 19.1 Å². The van der Waals surface area contributed by atoms with E-state index in [4.69, 9.17) is 10.3 Å². The number of halogens is 1. The number of aromatic nitrogens is 2. The number of nitrogens with zero attached hydrogens (tertiary/aromatic N) is 2. The molecule has 1 heterocycles. The Kier molecular flexibility index (Phi) is 3.53. The van der Waals surface area contributed by atoms with E-state index in [-0.39, 0.29) is 11.7 Å². The van der Waals surface area contributed by atoms with Crippen molar-refractivity contribution in [1.82, 2.24) is 10.1 Å². The molecule has 2 N–H and O–H groups in total. The van der Waals surface area contributed by atoms with Crippen LogP contribution in [0.1, 0.15) is 36.6 Å². The second-order valence-corrected chi connectivity index (χ2v) is 5.45. The van der Waals surface area contributed by atoms with Gasteiger partial charge in [0.25, 0.3) is 0 Å². The zero-order chi connectivity index (χ0) is 14.1. The Hall–Kier alpha value is -1.75. The van der Waals surface area contributed by atoms with Gasteiger partial charge in [0, 0.05) is 11.5 Å². The Balaban J connectivity index is 1.88. The summed E-state index contributed by atoms with van der Waals surface area (Å²) in [4.78, 5) is 4.48. The molecule has 1 aromatic heterocycles. The Morgan fingerprint density at radius 3 is 3.00 bits per heavy atom. The molecule has 2 aromatic rings. The monoisotopic (exact) mass is 275 g/mol. The largest absolute Gasteiger partial charge is 0.339 e. The van der Waals surface area contributed by atoms with E-state index in [0.29, 0.717) is 29.7 Å². The van der Waals surface area contributed by atoms with Crippen molar-refractivity contribution in [3.63, 3.8) is 0 Å². The summed E-state index contributed by atoms with van der Waals surface area (Å²) in [6, 6.07) is 4.84. The minimum absolute atomic E-state index is 0.226. The molecule has 3 rings (SSSR count). The van der Waals surface area contributed by atoms with Crippen LogP contribution in [0.15, 0.2) is 22.7 Å². The van der Waals surface area contributed by atoms with Crippen molar-refractivity contribution >= 4 is 0 Å². The molecule has 106 valence electrons. The highest BCUT2D eigenvalue weighted by atomic mass is 19.1. The number of nitrogens with two attached hydrogens (primary N) is 1. The van der Waals surface area contributed by atoms with E-state index in [9.17, 15) is 4.39 Å². The summed E-state index contributed by atoms with van der Waals surface area (Å²) >= 11 is 0. The molecule has 0 radical (unpaired) electrons. The van der Waals surface area contributed by atoms with Crippen LogP contribution in [0.5, 0.6) is 0 Å². The maximum Gasteiger partial charge on any atom is 0.230 e. The molecule has 1 aromatic carbocycles. The second-order valence-electron chi connectivity index (χ2n) is 5.45. The fourth-order valence-electron chi connectivity index (χ4n) is 2.93. The predicted molar refractivity (Wildman–Crippen MR) is 73.6 cm³/mol. The molecule has 0 amide bonds. The van der Waals surface area contributed by atoms with E-state index in [0.717, 1.165) is 24.8 Å². The number of hydrogen-bond donors (Lipinski definition) is 1. The summed E-state index contributed by atoms with van der Waals surface area (Å²) < 4.78 is 18.7. The molecule has 1 aliphatic carbocycles. The van der Waals surface area contributed by atoms with Gasteiger partial charge in [0.15, 0.2) is 0 Å². The maximum atomic E-state index is 13.3. The molecule has 20 heavy (non-hydrogen) atoms. The van der Waals surface area contributed by atoms with Crippen LogP contribution in [0, 0.1) is 18.7 Å². The summed E-state index contributed by atoms with van der Waals surface area (Å²) in [5, 5.41) is 4.02. The zero-order valence-corrected chi connectivity index (χ0v) is 11.5. The van der Waals surface area contributed by atoms with Crippen LogP contribution in [-0.4, -0.2) is 16.7 Å². The molecule has 1 fully saturated rings. The van der Waals surface area contributed by atoms with Crippen molar-refractivity contribution in [3.8, 4) is 11.4 Å². The first-order chi connectivity index (χ1) is 9.69. The topological polar surface area (TPSA) is 64.9 Å². The minimum atomic E-state index is -0.226. The van der Waals surface area contributed by atoms with Gasteiger partial charge in [0.05, 0.1) is 0 Å². The molecule has 0 spiro atoms. The van der Waals surface area contributed by atoms with Crippen molar-refractivity contribution in [2.75, 3.05) is 6.54 Å². The average molecular weight is 275 g/mol. The van der Waals surface area contributed by atoms with Gasteiger partial charge in [-0.2, -0.15) is 4.98 Å². The lowest BCUT2D eigenvalue weighted by molar-refractivity contribution is 0.326. The van der Waals surface area contributed by atoms with Crippen LogP contribution >= 0.6 is 0 Å². The molecule has 1 saturated carbocycles. The number of aryl methyl sites for hydroxylation is 1. The van der Waals surface area contributed by atoms with Crippen LogP contribution in [0.25, 0.3) is 11.4 Å². The molecular weight excluding hydrogens is 257 g/mol. The fraction of sp³-hybridized carbons (Fsp3) is 0.467. The normalized spacial score (nSPS) is 22.4. The highest BCUT2D eigenvalue weighted by molar-refractivity contribution is 5.55. The van der Waals surface area contributed by atoms with Crippen LogP contribution in [0.2, 0.25) is 0 Å². The predicted octanol–water partition coefficient (Wildman–Crippen LogP) is 3.03. The lowest BCUT2D eigenvalue weighted by atomic mass is 9.96. The van der Waals surface area contributed by atoms with Gasteiger partial charge in [-0.05, 0) is 56.0 Å². The molecule has 0 bridgehead atoms. The molecule has 5 heteroatoms. The van der Waals surface area contributed by atoms with Crippen molar-refractivity contribution in [1.29, 1.82) is 0 Å². The van der Waals surface area contributed by atoms with Crippen LogP contribution in [-0.2, 0) is 0 Å². The minimum Gasteiger partial charge on any atom is -0.339 e. The summed E-state index contributed by atoms with van der Waals surface area (Å²) in [7, 11) is 0. The van der Waals surface area contributed by atoms with Gasteiger partial charge in [-0.15, -0.1) is 0 Å². The number of rotatable bonds is 3. The fourth-order valence-corrected chi connectivity index (χ4v) is 2.93. The standard InChI is InChI=1S/C15H18FN3O/c1-9-7-10(5-6-13(9)16)14-18-15(20-19-14)12-4-2-3-11(12)8-17/h5-7,11-12H,2-4,8,17H2,1H3. The van der Waals surface area contributed by atoms with Crippen molar-refractivity contribution < 1.29 is 8.91 Å². The molecule has 0 saturated heterocycles. The van der Waals surface area contributed by atoms with Crippen molar-refractivity contribution in [3.05, 3.63) is 35.5 Å². The van der Waals surface area contributed by atoms with Crippen molar-refractivity contribution in [2.24, 2.45) is 11.7 Å². The van der Waals surface area contributed by atoms with Crippen LogP contribution in [0.3, 0.4) is 0 Å². The SMILES string of the molecule is Cc1cc(-c2noc(C3CCCC3CN)n2)ccc1F. The third kappa shape index (κ3) is 2.33. The van der Waals surface area contributed by atoms with Crippen LogP contribution in [0.4, 0.5) is 4.39 Å². The van der Waals surface area contributed by atoms with Gasteiger partial charge in [0.1, 0.15) is 5.82 Å². The first-order valence-corrected chi connectivity index (χ1v) is 6.99. The van der Waals surface area contributed by atoms with E-state index >= 15 is 0 Å². The smallest absolute Gasteiger partial charge is 0.230 e. The molecule has 0 aliphatic heterocycles. The third-order valence-electron chi connectivity index (χ3n) is 4.14. The average Bonchev–Trinajstić information content (AvgIpc) is 3.09. The van der Waals surface area contributed by atoms with Crippen molar-refractivity contribution in [2.45, 2.75) is 32.1 Å². The summed E-state index contributed by atoms with van der Waals surface area (Å²) in [6.45, 7) is 2.37. The number of benzene rings is 1. The molecule has 1 aliphatic rings. The molecule has 2 atom stereocenters. The maximum absolute atomic E-state index is 13.3. The third-order valence-corrected chi connectivity index (χ3v) is 4.14. The van der Waals surface area contributed by atoms with Gasteiger partial charge in [-0.25, -0.2) is 4.39 Å². The lowest BCUT2D eigenvalue weighted by Crippen LogP contribution is -2.17. The molecule has 2 unspecified atom stereocenters. The van der Waals surface area contributed by atoms with Gasteiger partial charge >= 0.3 is 0 Å². The van der Waals surface area contributed by atoms with Gasteiger partial charge in [0.2, 0.25) is 11.7 Å². The summed E-state index contributed by atoms with van der Waals surface area (Å²) in [5.41, 5.74) is 7.14. The Labute approximate surface area is 117 Å². The van der Waals surface area contributed by atoms with Gasteiger partial charge in [-0.1, -0.05) is 11.6 Å². The number of hydrogen-bond acceptors (Lipinski definition) is 4. The van der Waals surface area contributed by atoms with Crippen LogP contribution < -0.4 is 5.73 Å².